The number of para-hydroxylation sites is 1. The van der Waals surface area contributed by atoms with Crippen LogP contribution in [-0.4, -0.2) is 14.6 Å². The first kappa shape index (κ1) is 12.9. The summed E-state index contributed by atoms with van der Waals surface area (Å²) in [5.41, 5.74) is 3.80. The highest BCUT2D eigenvalue weighted by Crippen LogP contribution is 2.30. The van der Waals surface area contributed by atoms with Gasteiger partial charge in [0.2, 0.25) is 4.96 Å². The third kappa shape index (κ3) is 2.32. The molecule has 0 unspecified atom stereocenters. The molecule has 4 aromatic rings. The number of nitrogens with zero attached hydrogens (tertiary/aromatic N) is 3. The number of fused-ring (bicyclic) bond motifs is 3. The molecule has 0 N–H and O–H groups in total. The van der Waals surface area contributed by atoms with Crippen molar-refractivity contribution in [2.24, 2.45) is 0 Å². The van der Waals surface area contributed by atoms with Crippen LogP contribution < -0.4 is 0 Å². The fraction of sp³-hybridized carbons (Fsp3) is 0.125. The molecule has 0 aliphatic heterocycles. The van der Waals surface area contributed by atoms with Crippen LogP contribution in [0.4, 0.5) is 0 Å². The predicted octanol–water partition coefficient (Wildman–Crippen LogP) is 4.54. The zero-order valence-corrected chi connectivity index (χ0v) is 13.1. The summed E-state index contributed by atoms with van der Waals surface area (Å²) in [5, 5.41) is 9.59. The second-order valence-electron chi connectivity index (χ2n) is 4.95. The molecule has 21 heavy (non-hydrogen) atoms. The molecular formula is C16H13N3S2. The molecule has 0 bridgehead atoms. The van der Waals surface area contributed by atoms with Crippen LogP contribution in [0.25, 0.3) is 15.2 Å². The van der Waals surface area contributed by atoms with E-state index in [1.165, 1.54) is 21.3 Å². The van der Waals surface area contributed by atoms with Crippen molar-refractivity contribution in [1.29, 1.82) is 0 Å². The summed E-state index contributed by atoms with van der Waals surface area (Å²) < 4.78 is 3.40. The summed E-state index contributed by atoms with van der Waals surface area (Å²) in [5.74, 6) is 0.909. The van der Waals surface area contributed by atoms with E-state index in [2.05, 4.69) is 70.1 Å². The molecule has 0 radical (unpaired) electrons. The first-order valence-electron chi connectivity index (χ1n) is 6.72. The topological polar surface area (TPSA) is 30.2 Å². The molecule has 0 aliphatic rings. The van der Waals surface area contributed by atoms with Gasteiger partial charge in [-0.05, 0) is 24.6 Å². The minimum atomic E-state index is 0.909. The summed E-state index contributed by atoms with van der Waals surface area (Å²) in [7, 11) is 0. The van der Waals surface area contributed by atoms with Gasteiger partial charge in [-0.3, -0.25) is 4.40 Å². The fourth-order valence-electron chi connectivity index (χ4n) is 2.40. The normalized spacial score (nSPS) is 11.5. The minimum absolute atomic E-state index is 0.909. The van der Waals surface area contributed by atoms with Gasteiger partial charge < -0.3 is 0 Å². The summed E-state index contributed by atoms with van der Waals surface area (Å²) in [4.78, 5) is 0.961. The average Bonchev–Trinajstić information content (AvgIpc) is 3.04. The molecular weight excluding hydrogens is 298 g/mol. The van der Waals surface area contributed by atoms with Crippen LogP contribution in [-0.2, 0) is 5.75 Å². The van der Waals surface area contributed by atoms with Crippen LogP contribution in [0.15, 0.2) is 53.7 Å². The Morgan fingerprint density at radius 1 is 1.10 bits per heavy atom. The molecule has 0 amide bonds. The first-order chi connectivity index (χ1) is 10.3. The maximum Gasteiger partial charge on any atom is 0.217 e. The van der Waals surface area contributed by atoms with Crippen LogP contribution in [0, 0.1) is 6.92 Å². The van der Waals surface area contributed by atoms with E-state index in [9.17, 15) is 0 Å². The molecule has 0 fully saturated rings. The van der Waals surface area contributed by atoms with E-state index in [-0.39, 0.29) is 0 Å². The van der Waals surface area contributed by atoms with E-state index in [1.807, 2.05) is 0 Å². The molecule has 2 aromatic heterocycles. The highest BCUT2D eigenvalue weighted by atomic mass is 32.2. The SMILES string of the molecule is Cc1cccc(CSc2nnc3sc4ccccc4n23)c1. The molecule has 0 saturated heterocycles. The molecule has 2 aromatic carbocycles. The number of hydrogen-bond acceptors (Lipinski definition) is 4. The lowest BCUT2D eigenvalue weighted by Gasteiger charge is -2.01. The Balaban J connectivity index is 1.70. The molecule has 0 saturated carbocycles. The Kier molecular flexibility index (Phi) is 3.16. The van der Waals surface area contributed by atoms with Crippen molar-refractivity contribution in [1.82, 2.24) is 14.6 Å². The fourth-order valence-corrected chi connectivity index (χ4v) is 4.31. The average molecular weight is 311 g/mol. The number of rotatable bonds is 3. The molecule has 3 nitrogen and oxygen atoms in total. The maximum absolute atomic E-state index is 4.33. The molecule has 2 heterocycles. The molecule has 4 rings (SSSR count). The van der Waals surface area contributed by atoms with Gasteiger partial charge in [0.15, 0.2) is 5.16 Å². The lowest BCUT2D eigenvalue weighted by atomic mass is 10.2. The van der Waals surface area contributed by atoms with Crippen LogP contribution in [0.2, 0.25) is 0 Å². The Hall–Kier alpha value is -1.85. The standard InChI is InChI=1S/C16H13N3S2/c1-11-5-4-6-12(9-11)10-20-15-17-18-16-19(15)13-7-2-3-8-14(13)21-16/h2-9H,10H2,1H3. The van der Waals surface area contributed by atoms with Gasteiger partial charge in [-0.1, -0.05) is 65.1 Å². The number of aromatic nitrogens is 3. The van der Waals surface area contributed by atoms with Gasteiger partial charge in [0.1, 0.15) is 0 Å². The monoisotopic (exact) mass is 311 g/mol. The van der Waals surface area contributed by atoms with Gasteiger partial charge in [0.25, 0.3) is 0 Å². The molecule has 104 valence electrons. The first-order valence-corrected chi connectivity index (χ1v) is 8.52. The predicted molar refractivity (Wildman–Crippen MR) is 89.1 cm³/mol. The molecule has 0 atom stereocenters. The Bertz CT molecular complexity index is 923. The van der Waals surface area contributed by atoms with Gasteiger partial charge in [-0.25, -0.2) is 0 Å². The van der Waals surface area contributed by atoms with Gasteiger partial charge in [-0.15, -0.1) is 10.2 Å². The quantitative estimate of drug-likeness (QED) is 0.520. The van der Waals surface area contributed by atoms with E-state index < -0.39 is 0 Å². The molecule has 5 heteroatoms. The second-order valence-corrected chi connectivity index (χ2v) is 6.90. The summed E-state index contributed by atoms with van der Waals surface area (Å²) in [6.07, 6.45) is 0. The Labute approximate surface area is 130 Å². The van der Waals surface area contributed by atoms with Crippen molar-refractivity contribution < 1.29 is 0 Å². The van der Waals surface area contributed by atoms with E-state index in [4.69, 9.17) is 0 Å². The largest absolute Gasteiger partial charge is 0.260 e. The van der Waals surface area contributed by atoms with Crippen LogP contribution >= 0.6 is 23.1 Å². The number of hydrogen-bond donors (Lipinski definition) is 0. The van der Waals surface area contributed by atoms with E-state index in [1.54, 1.807) is 23.1 Å². The number of aryl methyl sites for hydroxylation is 1. The Morgan fingerprint density at radius 2 is 2.00 bits per heavy atom. The van der Waals surface area contributed by atoms with Gasteiger partial charge in [0, 0.05) is 5.75 Å². The Morgan fingerprint density at radius 3 is 2.90 bits per heavy atom. The zero-order valence-electron chi connectivity index (χ0n) is 11.5. The van der Waals surface area contributed by atoms with Crippen LogP contribution in [0.3, 0.4) is 0 Å². The second kappa shape index (κ2) is 5.16. The summed E-state index contributed by atoms with van der Waals surface area (Å²) >= 11 is 3.42. The van der Waals surface area contributed by atoms with Crippen molar-refractivity contribution >= 4 is 38.3 Å². The summed E-state index contributed by atoms with van der Waals surface area (Å²) in [6.45, 7) is 2.12. The molecule has 0 spiro atoms. The van der Waals surface area contributed by atoms with Gasteiger partial charge in [0.05, 0.1) is 10.2 Å². The van der Waals surface area contributed by atoms with Crippen LogP contribution in [0.5, 0.6) is 0 Å². The summed E-state index contributed by atoms with van der Waals surface area (Å²) in [6, 6.07) is 17.0. The van der Waals surface area contributed by atoms with E-state index in [0.717, 1.165) is 15.9 Å². The highest BCUT2D eigenvalue weighted by Gasteiger charge is 2.12. The van der Waals surface area contributed by atoms with Crippen molar-refractivity contribution in [3.63, 3.8) is 0 Å². The van der Waals surface area contributed by atoms with E-state index >= 15 is 0 Å². The lowest BCUT2D eigenvalue weighted by molar-refractivity contribution is 0.940. The third-order valence-corrected chi connectivity index (χ3v) is 5.37. The minimum Gasteiger partial charge on any atom is -0.260 e. The van der Waals surface area contributed by atoms with Crippen molar-refractivity contribution in [3.05, 3.63) is 59.7 Å². The highest BCUT2D eigenvalue weighted by molar-refractivity contribution is 7.98. The zero-order chi connectivity index (χ0) is 14.2. The van der Waals surface area contributed by atoms with Crippen LogP contribution in [0.1, 0.15) is 11.1 Å². The third-order valence-electron chi connectivity index (χ3n) is 3.36. The van der Waals surface area contributed by atoms with Gasteiger partial charge in [-0.2, -0.15) is 0 Å². The maximum atomic E-state index is 4.33. The van der Waals surface area contributed by atoms with E-state index in [0.29, 0.717) is 0 Å². The number of benzene rings is 2. The van der Waals surface area contributed by atoms with Crippen molar-refractivity contribution in [3.8, 4) is 0 Å². The molecule has 0 aliphatic carbocycles. The number of thioether (sulfide) groups is 1. The lowest BCUT2D eigenvalue weighted by Crippen LogP contribution is -1.87. The number of thiazole rings is 1. The van der Waals surface area contributed by atoms with Crippen molar-refractivity contribution in [2.75, 3.05) is 0 Å². The van der Waals surface area contributed by atoms with Gasteiger partial charge >= 0.3 is 0 Å². The smallest absolute Gasteiger partial charge is 0.217 e. The van der Waals surface area contributed by atoms with Crippen molar-refractivity contribution in [2.45, 2.75) is 17.8 Å².